The van der Waals surface area contributed by atoms with Gasteiger partial charge in [0.05, 0.1) is 19.7 Å². The molecule has 0 spiro atoms. The first kappa shape index (κ1) is 20.5. The van der Waals surface area contributed by atoms with E-state index in [9.17, 15) is 14.4 Å². The third kappa shape index (κ3) is 5.60. The van der Waals surface area contributed by atoms with E-state index in [1.54, 1.807) is 27.7 Å². The highest BCUT2D eigenvalue weighted by atomic mass is 16.6. The Morgan fingerprint density at radius 1 is 1.11 bits per heavy atom. The highest BCUT2D eigenvalue weighted by molar-refractivity contribution is 5.89. The number of hydrogen-bond donors (Lipinski definition) is 1. The van der Waals surface area contributed by atoms with Crippen LogP contribution in [0, 0.1) is 0 Å². The van der Waals surface area contributed by atoms with Gasteiger partial charge in [-0.25, -0.2) is 14.4 Å². The number of ether oxygens (including phenoxy) is 3. The molecule has 2 rings (SSSR count). The van der Waals surface area contributed by atoms with Crippen LogP contribution < -0.4 is 5.32 Å². The van der Waals surface area contributed by atoms with Gasteiger partial charge in [-0.3, -0.25) is 0 Å². The molecule has 1 aliphatic heterocycles. The minimum atomic E-state index is -1.33. The second kappa shape index (κ2) is 8.28. The predicted octanol–water partition coefficient (Wildman–Crippen LogP) is 2.47. The Hall–Kier alpha value is -2.77. The van der Waals surface area contributed by atoms with Gasteiger partial charge in [0.1, 0.15) is 12.2 Å². The molecule has 0 atom stereocenters. The van der Waals surface area contributed by atoms with E-state index in [0.29, 0.717) is 0 Å². The fourth-order valence-corrected chi connectivity index (χ4v) is 2.54. The maximum Gasteiger partial charge on any atom is 0.410 e. The fraction of sp³-hybridized carbons (Fsp3) is 0.526. The first-order valence-corrected chi connectivity index (χ1v) is 8.79. The number of benzene rings is 1. The molecule has 148 valence electrons. The SMILES string of the molecule is CCOC(=O)C1(NC(=O)OCc2ccccc2)CN(C(=O)OC(C)(C)C)C1. The summed E-state index contributed by atoms with van der Waals surface area (Å²) in [4.78, 5) is 37.9. The fourth-order valence-electron chi connectivity index (χ4n) is 2.54. The Morgan fingerprint density at radius 3 is 2.30 bits per heavy atom. The second-order valence-corrected chi connectivity index (χ2v) is 7.33. The van der Waals surface area contributed by atoms with Crippen molar-refractivity contribution in [1.29, 1.82) is 0 Å². The predicted molar refractivity (Wildman–Crippen MR) is 96.9 cm³/mol. The summed E-state index contributed by atoms with van der Waals surface area (Å²) in [5, 5.41) is 2.55. The average molecular weight is 378 g/mol. The van der Waals surface area contributed by atoms with Gasteiger partial charge in [-0.15, -0.1) is 0 Å². The lowest BCUT2D eigenvalue weighted by molar-refractivity contribution is -0.158. The summed E-state index contributed by atoms with van der Waals surface area (Å²) in [6.45, 7) is 7.08. The van der Waals surface area contributed by atoms with Crippen molar-refractivity contribution >= 4 is 18.2 Å². The molecule has 0 aromatic heterocycles. The summed E-state index contributed by atoms with van der Waals surface area (Å²) in [6.07, 6.45) is -1.31. The molecule has 2 amide bonds. The Bertz CT molecular complexity index is 677. The molecular weight excluding hydrogens is 352 g/mol. The molecule has 1 aromatic carbocycles. The molecule has 1 aliphatic rings. The molecule has 0 radical (unpaired) electrons. The molecule has 8 heteroatoms. The number of nitrogens with one attached hydrogen (secondary N) is 1. The normalized spacial score (nSPS) is 15.3. The molecule has 8 nitrogen and oxygen atoms in total. The Balaban J connectivity index is 1.96. The molecule has 1 fully saturated rings. The highest BCUT2D eigenvalue weighted by Crippen LogP contribution is 2.25. The minimum absolute atomic E-state index is 0.0405. The van der Waals surface area contributed by atoms with Crippen molar-refractivity contribution < 1.29 is 28.6 Å². The van der Waals surface area contributed by atoms with Crippen molar-refractivity contribution in [3.63, 3.8) is 0 Å². The minimum Gasteiger partial charge on any atom is -0.464 e. The van der Waals surface area contributed by atoms with E-state index in [1.807, 2.05) is 30.3 Å². The van der Waals surface area contributed by atoms with E-state index < -0.39 is 29.3 Å². The zero-order valence-corrected chi connectivity index (χ0v) is 16.1. The number of hydrogen-bond acceptors (Lipinski definition) is 6. The quantitative estimate of drug-likeness (QED) is 0.625. The van der Waals surface area contributed by atoms with Crippen molar-refractivity contribution in [3.05, 3.63) is 35.9 Å². The van der Waals surface area contributed by atoms with Crippen molar-refractivity contribution in [2.75, 3.05) is 19.7 Å². The highest BCUT2D eigenvalue weighted by Gasteiger charge is 2.54. The van der Waals surface area contributed by atoms with Crippen LogP contribution in [0.1, 0.15) is 33.3 Å². The van der Waals surface area contributed by atoms with E-state index in [4.69, 9.17) is 14.2 Å². The molecule has 1 aromatic rings. The number of carbonyl (C=O) groups is 3. The van der Waals surface area contributed by atoms with Gasteiger partial charge in [0.25, 0.3) is 0 Å². The maximum absolute atomic E-state index is 12.3. The average Bonchev–Trinajstić information content (AvgIpc) is 2.55. The number of likely N-dealkylation sites (tertiary alicyclic amines) is 1. The molecule has 1 saturated heterocycles. The topological polar surface area (TPSA) is 94.2 Å². The third-order valence-corrected chi connectivity index (χ3v) is 3.79. The number of carbonyl (C=O) groups excluding carboxylic acids is 3. The summed E-state index contributed by atoms with van der Waals surface area (Å²) >= 11 is 0. The Labute approximate surface area is 158 Å². The zero-order chi connectivity index (χ0) is 20.1. The first-order chi connectivity index (χ1) is 12.6. The maximum atomic E-state index is 12.3. The van der Waals surface area contributed by atoms with E-state index >= 15 is 0 Å². The number of esters is 1. The van der Waals surface area contributed by atoms with Gasteiger partial charge in [0.2, 0.25) is 0 Å². The smallest absolute Gasteiger partial charge is 0.410 e. The van der Waals surface area contributed by atoms with Crippen LogP contribution in [0.15, 0.2) is 30.3 Å². The molecule has 0 bridgehead atoms. The molecular formula is C19H26N2O6. The Morgan fingerprint density at radius 2 is 1.74 bits per heavy atom. The van der Waals surface area contributed by atoms with Gasteiger partial charge in [0.15, 0.2) is 5.54 Å². The molecule has 27 heavy (non-hydrogen) atoms. The van der Waals surface area contributed by atoms with Gasteiger partial charge >= 0.3 is 18.2 Å². The number of amides is 2. The van der Waals surface area contributed by atoms with E-state index in [1.165, 1.54) is 4.90 Å². The van der Waals surface area contributed by atoms with Gasteiger partial charge in [-0.2, -0.15) is 0 Å². The van der Waals surface area contributed by atoms with Crippen LogP contribution in [0.25, 0.3) is 0 Å². The van der Waals surface area contributed by atoms with Gasteiger partial charge < -0.3 is 24.4 Å². The summed E-state index contributed by atoms with van der Waals surface area (Å²) in [5.74, 6) is -0.610. The number of alkyl carbamates (subject to hydrolysis) is 1. The number of nitrogens with zero attached hydrogens (tertiary/aromatic N) is 1. The third-order valence-electron chi connectivity index (χ3n) is 3.79. The largest absolute Gasteiger partial charge is 0.464 e. The van der Waals surface area contributed by atoms with Gasteiger partial charge in [-0.1, -0.05) is 30.3 Å². The lowest BCUT2D eigenvalue weighted by Crippen LogP contribution is -2.75. The molecule has 0 aliphatic carbocycles. The molecule has 0 saturated carbocycles. The molecule has 1 heterocycles. The molecule has 1 N–H and O–H groups in total. The molecule has 0 unspecified atom stereocenters. The van der Waals surface area contributed by atoms with Crippen LogP contribution >= 0.6 is 0 Å². The van der Waals surface area contributed by atoms with Crippen molar-refractivity contribution in [3.8, 4) is 0 Å². The van der Waals surface area contributed by atoms with Crippen LogP contribution in [0.3, 0.4) is 0 Å². The van der Waals surface area contributed by atoms with Gasteiger partial charge in [0, 0.05) is 0 Å². The van der Waals surface area contributed by atoms with E-state index in [2.05, 4.69) is 5.32 Å². The standard InChI is InChI=1S/C19H26N2O6/c1-5-25-15(22)19(12-21(13-19)17(24)27-18(2,3)4)20-16(23)26-11-14-9-7-6-8-10-14/h6-10H,5,11-13H2,1-4H3,(H,20,23). The summed E-state index contributed by atoms with van der Waals surface area (Å²) in [6, 6.07) is 9.17. The van der Waals surface area contributed by atoms with E-state index in [-0.39, 0.29) is 26.3 Å². The number of rotatable bonds is 5. The lowest BCUT2D eigenvalue weighted by atomic mass is 9.90. The van der Waals surface area contributed by atoms with Crippen molar-refractivity contribution in [2.45, 2.75) is 45.4 Å². The summed E-state index contributed by atoms with van der Waals surface area (Å²) in [5.41, 5.74) is -1.16. The van der Waals surface area contributed by atoms with Crippen molar-refractivity contribution in [1.82, 2.24) is 10.2 Å². The lowest BCUT2D eigenvalue weighted by Gasteiger charge is -2.47. The van der Waals surface area contributed by atoms with Crippen molar-refractivity contribution in [2.24, 2.45) is 0 Å². The second-order valence-electron chi connectivity index (χ2n) is 7.33. The van der Waals surface area contributed by atoms with Crippen LogP contribution in [0.4, 0.5) is 9.59 Å². The van der Waals surface area contributed by atoms with E-state index in [0.717, 1.165) is 5.56 Å². The van der Waals surface area contributed by atoms with Crippen LogP contribution in [-0.4, -0.2) is 53.9 Å². The van der Waals surface area contributed by atoms with Crippen LogP contribution in [0.5, 0.6) is 0 Å². The zero-order valence-electron chi connectivity index (χ0n) is 16.1. The Kier molecular flexibility index (Phi) is 6.30. The summed E-state index contributed by atoms with van der Waals surface area (Å²) in [7, 11) is 0. The van der Waals surface area contributed by atoms with Crippen LogP contribution in [-0.2, 0) is 25.6 Å². The van der Waals surface area contributed by atoms with Crippen LogP contribution in [0.2, 0.25) is 0 Å². The first-order valence-electron chi connectivity index (χ1n) is 8.79. The monoisotopic (exact) mass is 378 g/mol. The van der Waals surface area contributed by atoms with Gasteiger partial charge in [-0.05, 0) is 33.3 Å². The summed E-state index contributed by atoms with van der Waals surface area (Å²) < 4.78 is 15.5.